The Morgan fingerprint density at radius 2 is 1.96 bits per heavy atom. The Kier molecular flexibility index (Phi) is 6.14. The second kappa shape index (κ2) is 8.21. The molecule has 0 aromatic heterocycles. The van der Waals surface area contributed by atoms with Gasteiger partial charge in [0.2, 0.25) is 5.91 Å². The summed E-state index contributed by atoms with van der Waals surface area (Å²) in [7, 11) is 0. The first-order valence-electron chi connectivity index (χ1n) is 10.0. The van der Waals surface area contributed by atoms with E-state index in [0.29, 0.717) is 23.9 Å². The fraction of sp³-hybridized carbons (Fsp3) is 0.667. The lowest BCUT2D eigenvalue weighted by atomic mass is 9.96. The van der Waals surface area contributed by atoms with E-state index < -0.39 is 11.7 Å². The van der Waals surface area contributed by atoms with E-state index in [4.69, 9.17) is 0 Å². The van der Waals surface area contributed by atoms with Crippen LogP contribution in [0.25, 0.3) is 0 Å². The van der Waals surface area contributed by atoms with Crippen molar-refractivity contribution in [3.8, 4) is 0 Å². The fourth-order valence-electron chi connectivity index (χ4n) is 4.73. The molecule has 150 valence electrons. The van der Waals surface area contributed by atoms with Crippen molar-refractivity contribution >= 4 is 5.91 Å². The van der Waals surface area contributed by atoms with Gasteiger partial charge in [0, 0.05) is 31.6 Å². The lowest BCUT2D eigenvalue weighted by Crippen LogP contribution is -2.42. The van der Waals surface area contributed by atoms with Gasteiger partial charge in [-0.05, 0) is 49.1 Å². The number of likely N-dealkylation sites (tertiary alicyclic amines) is 1. The van der Waals surface area contributed by atoms with E-state index in [0.717, 1.165) is 44.8 Å². The van der Waals surface area contributed by atoms with Crippen LogP contribution in [0.15, 0.2) is 24.3 Å². The van der Waals surface area contributed by atoms with Gasteiger partial charge in [-0.25, -0.2) is 0 Å². The highest BCUT2D eigenvalue weighted by molar-refractivity contribution is 5.78. The zero-order valence-electron chi connectivity index (χ0n) is 16.1. The Hall–Kier alpha value is -1.56. The van der Waals surface area contributed by atoms with Gasteiger partial charge < -0.3 is 5.32 Å². The van der Waals surface area contributed by atoms with Crippen LogP contribution < -0.4 is 5.32 Å². The molecule has 1 heterocycles. The fourth-order valence-corrected chi connectivity index (χ4v) is 4.73. The number of rotatable bonds is 6. The molecule has 3 rings (SSSR count). The number of halogens is 3. The first kappa shape index (κ1) is 20.2. The number of fused-ring (bicyclic) bond motifs is 1. The average Bonchev–Trinajstić information content (AvgIpc) is 3.17. The first-order valence-corrected chi connectivity index (χ1v) is 10.0. The van der Waals surface area contributed by atoms with E-state index >= 15 is 0 Å². The van der Waals surface area contributed by atoms with Crippen LogP contribution in [0.4, 0.5) is 13.2 Å². The summed E-state index contributed by atoms with van der Waals surface area (Å²) in [5.41, 5.74) is 0.108. The molecule has 1 saturated heterocycles. The molecular weight excluding hydrogens is 353 g/mol. The average molecular weight is 382 g/mol. The van der Waals surface area contributed by atoms with Crippen molar-refractivity contribution in [2.45, 2.75) is 58.3 Å². The summed E-state index contributed by atoms with van der Waals surface area (Å²) < 4.78 is 38.7. The Balaban J connectivity index is 1.59. The topological polar surface area (TPSA) is 32.3 Å². The van der Waals surface area contributed by atoms with E-state index in [2.05, 4.69) is 10.2 Å². The number of hydrogen-bond donors (Lipinski definition) is 1. The number of carbonyl (C=O) groups is 1. The first-order chi connectivity index (χ1) is 12.8. The van der Waals surface area contributed by atoms with E-state index in [1.165, 1.54) is 12.1 Å². The van der Waals surface area contributed by atoms with Crippen LogP contribution in [-0.2, 0) is 17.5 Å². The molecule has 0 bridgehead atoms. The molecule has 2 fully saturated rings. The smallest absolute Gasteiger partial charge is 0.353 e. The molecule has 0 unspecified atom stereocenters. The number of benzene rings is 1. The summed E-state index contributed by atoms with van der Waals surface area (Å²) >= 11 is 0. The number of nitrogens with one attached hydrogen (secondary N) is 1. The zero-order chi connectivity index (χ0) is 19.6. The molecule has 1 amide bonds. The Morgan fingerprint density at radius 1 is 1.22 bits per heavy atom. The van der Waals surface area contributed by atoms with Crippen molar-refractivity contribution in [3.05, 3.63) is 35.4 Å². The van der Waals surface area contributed by atoms with Crippen molar-refractivity contribution in [3.63, 3.8) is 0 Å². The van der Waals surface area contributed by atoms with Gasteiger partial charge in [0.05, 0.1) is 5.56 Å². The number of carbonyl (C=O) groups excluding carboxylic acids is 1. The molecular formula is C21H29F3N2O. The minimum absolute atomic E-state index is 0.0756. The maximum Gasteiger partial charge on any atom is 0.416 e. The minimum atomic E-state index is -4.30. The summed E-state index contributed by atoms with van der Waals surface area (Å²) in [6.07, 6.45) is -0.506. The third-order valence-electron chi connectivity index (χ3n) is 6.28. The summed E-state index contributed by atoms with van der Waals surface area (Å²) in [5.74, 6) is 1.17. The molecule has 3 atom stereocenters. The Labute approximate surface area is 159 Å². The van der Waals surface area contributed by atoms with Gasteiger partial charge in [0.25, 0.3) is 0 Å². The lowest BCUT2D eigenvalue weighted by Gasteiger charge is -2.24. The Morgan fingerprint density at radius 3 is 2.63 bits per heavy atom. The molecule has 1 aromatic rings. The van der Waals surface area contributed by atoms with Crippen LogP contribution in [0.5, 0.6) is 0 Å². The van der Waals surface area contributed by atoms with Crippen LogP contribution in [0.1, 0.15) is 50.7 Å². The summed E-state index contributed by atoms with van der Waals surface area (Å²) in [6, 6.07) is 5.81. The van der Waals surface area contributed by atoms with Crippen LogP contribution >= 0.6 is 0 Å². The van der Waals surface area contributed by atoms with Crippen LogP contribution in [0.3, 0.4) is 0 Å². The quantitative estimate of drug-likeness (QED) is 0.787. The number of alkyl halides is 3. The van der Waals surface area contributed by atoms with Crippen LogP contribution in [0, 0.1) is 17.8 Å². The number of hydrogen-bond acceptors (Lipinski definition) is 2. The normalized spacial score (nSPS) is 25.8. The van der Waals surface area contributed by atoms with Crippen LogP contribution in [0.2, 0.25) is 0 Å². The lowest BCUT2D eigenvalue weighted by molar-refractivity contribution is -0.137. The van der Waals surface area contributed by atoms with Gasteiger partial charge >= 0.3 is 6.18 Å². The second-order valence-electron chi connectivity index (χ2n) is 8.02. The molecule has 27 heavy (non-hydrogen) atoms. The van der Waals surface area contributed by atoms with Gasteiger partial charge in [-0.15, -0.1) is 0 Å². The maximum absolute atomic E-state index is 12.9. The monoisotopic (exact) mass is 382 g/mol. The van der Waals surface area contributed by atoms with Crippen molar-refractivity contribution in [1.29, 1.82) is 0 Å². The highest BCUT2D eigenvalue weighted by Crippen LogP contribution is 2.39. The highest BCUT2D eigenvalue weighted by atomic mass is 19.4. The zero-order valence-corrected chi connectivity index (χ0v) is 16.1. The third-order valence-corrected chi connectivity index (χ3v) is 6.28. The SMILES string of the molecule is CCC(CC)C(=O)N[C@H]1CC[C@H]2CN(Cc3cccc(C(F)(F)F)c3)C[C@H]21. The second-order valence-corrected chi connectivity index (χ2v) is 8.02. The minimum Gasteiger partial charge on any atom is -0.353 e. The van der Waals surface area contributed by atoms with E-state index in [-0.39, 0.29) is 17.9 Å². The molecule has 1 N–H and O–H groups in total. The van der Waals surface area contributed by atoms with Crippen molar-refractivity contribution in [2.24, 2.45) is 17.8 Å². The molecule has 1 aromatic carbocycles. The predicted molar refractivity (Wildman–Crippen MR) is 98.9 cm³/mol. The van der Waals surface area contributed by atoms with Crippen molar-refractivity contribution in [1.82, 2.24) is 10.2 Å². The molecule has 3 nitrogen and oxygen atoms in total. The summed E-state index contributed by atoms with van der Waals surface area (Å²) in [6.45, 7) is 6.35. The van der Waals surface area contributed by atoms with Gasteiger partial charge in [-0.3, -0.25) is 9.69 Å². The van der Waals surface area contributed by atoms with E-state index in [9.17, 15) is 18.0 Å². The largest absolute Gasteiger partial charge is 0.416 e. The van der Waals surface area contributed by atoms with Crippen molar-refractivity contribution < 1.29 is 18.0 Å². The third kappa shape index (κ3) is 4.65. The number of nitrogens with zero attached hydrogens (tertiary/aromatic N) is 1. The molecule has 6 heteroatoms. The highest BCUT2D eigenvalue weighted by Gasteiger charge is 2.43. The van der Waals surface area contributed by atoms with E-state index in [1.54, 1.807) is 6.07 Å². The van der Waals surface area contributed by atoms with Gasteiger partial charge in [-0.1, -0.05) is 32.0 Å². The molecule has 1 aliphatic carbocycles. The standard InChI is InChI=1S/C21H29F3N2O/c1-3-15(4-2)20(27)25-19-9-8-16-12-26(13-18(16)19)11-14-6-5-7-17(10-14)21(22,23)24/h5-7,10,15-16,18-19H,3-4,8-9,11-13H2,1-2H3,(H,25,27)/t16-,18+,19-/m0/s1. The molecule has 2 aliphatic rings. The number of amides is 1. The molecule has 0 spiro atoms. The van der Waals surface area contributed by atoms with Gasteiger partial charge in [0.1, 0.15) is 0 Å². The summed E-state index contributed by atoms with van der Waals surface area (Å²) in [5, 5.41) is 3.25. The van der Waals surface area contributed by atoms with Crippen LogP contribution in [-0.4, -0.2) is 29.9 Å². The summed E-state index contributed by atoms with van der Waals surface area (Å²) in [4.78, 5) is 14.7. The van der Waals surface area contributed by atoms with E-state index in [1.807, 2.05) is 13.8 Å². The van der Waals surface area contributed by atoms with Gasteiger partial charge in [-0.2, -0.15) is 13.2 Å². The Bertz CT molecular complexity index is 657. The molecule has 0 radical (unpaired) electrons. The predicted octanol–water partition coefficient (Wildman–Crippen LogP) is 4.47. The van der Waals surface area contributed by atoms with Gasteiger partial charge in [0.15, 0.2) is 0 Å². The molecule has 1 aliphatic heterocycles. The van der Waals surface area contributed by atoms with Crippen molar-refractivity contribution in [2.75, 3.05) is 13.1 Å². The maximum atomic E-state index is 12.9. The molecule has 1 saturated carbocycles.